The third kappa shape index (κ3) is 2.58. The number of ketones is 1. The molecule has 2 unspecified atom stereocenters. The first-order valence-electron chi connectivity index (χ1n) is 5.59. The Balaban J connectivity index is 1.88. The van der Waals surface area contributed by atoms with Crippen molar-refractivity contribution in [3.8, 4) is 12.3 Å². The van der Waals surface area contributed by atoms with E-state index in [9.17, 15) is 4.79 Å². The molecule has 0 spiro atoms. The van der Waals surface area contributed by atoms with Crippen molar-refractivity contribution >= 4 is 5.78 Å². The lowest BCUT2D eigenvalue weighted by molar-refractivity contribution is -0.125. The summed E-state index contributed by atoms with van der Waals surface area (Å²) in [7, 11) is 0. The van der Waals surface area contributed by atoms with Crippen LogP contribution in [0.1, 0.15) is 25.7 Å². The molecule has 2 fully saturated rings. The van der Waals surface area contributed by atoms with E-state index in [1.807, 2.05) is 0 Å². The van der Waals surface area contributed by atoms with E-state index in [4.69, 9.17) is 11.2 Å². The largest absolute Gasteiger partial charge is 0.378 e. The van der Waals surface area contributed by atoms with Gasteiger partial charge in [0, 0.05) is 30.8 Å². The van der Waals surface area contributed by atoms with Crippen molar-refractivity contribution in [1.29, 1.82) is 0 Å². The minimum Gasteiger partial charge on any atom is -0.378 e. The number of carbonyl (C=O) groups is 1. The lowest BCUT2D eigenvalue weighted by atomic mass is 9.83. The summed E-state index contributed by atoms with van der Waals surface area (Å²) in [5, 5.41) is 3.48. The fourth-order valence-corrected chi connectivity index (χ4v) is 2.50. The van der Waals surface area contributed by atoms with Gasteiger partial charge in [0.05, 0.1) is 13.2 Å². The van der Waals surface area contributed by atoms with E-state index < -0.39 is 0 Å². The van der Waals surface area contributed by atoms with Gasteiger partial charge in [0.15, 0.2) is 0 Å². The van der Waals surface area contributed by atoms with Crippen LogP contribution in [0.2, 0.25) is 0 Å². The maximum Gasteiger partial charge on any atom is 0.137 e. The van der Waals surface area contributed by atoms with Crippen LogP contribution in [0.5, 0.6) is 0 Å². The number of nitrogens with one attached hydrogen (secondary N) is 1. The van der Waals surface area contributed by atoms with Crippen molar-refractivity contribution in [2.24, 2.45) is 5.92 Å². The molecule has 0 amide bonds. The number of rotatable bonds is 3. The van der Waals surface area contributed by atoms with Crippen LogP contribution in [0.15, 0.2) is 0 Å². The average Bonchev–Trinajstić information content (AvgIpc) is 2.25. The summed E-state index contributed by atoms with van der Waals surface area (Å²) in [4.78, 5) is 11.8. The predicted octanol–water partition coefficient (Wildman–Crippen LogP) is 0.736. The number of carbonyl (C=O) groups excluding carboxylic acids is 1. The Kier molecular flexibility index (Phi) is 3.40. The van der Waals surface area contributed by atoms with Gasteiger partial charge in [0.2, 0.25) is 0 Å². The second-order valence-electron chi connectivity index (χ2n) is 4.44. The zero-order chi connectivity index (χ0) is 10.7. The number of morpholine rings is 1. The third-order valence-corrected chi connectivity index (χ3v) is 3.22. The molecule has 3 heteroatoms. The minimum absolute atomic E-state index is 0.207. The van der Waals surface area contributed by atoms with Gasteiger partial charge in [-0.15, -0.1) is 12.3 Å². The summed E-state index contributed by atoms with van der Waals surface area (Å²) in [6.07, 6.45) is 8.12. The van der Waals surface area contributed by atoms with Gasteiger partial charge < -0.3 is 10.1 Å². The highest BCUT2D eigenvalue weighted by Gasteiger charge is 2.34. The molecule has 0 aromatic rings. The minimum atomic E-state index is 0.207. The molecule has 0 aliphatic carbocycles. The number of ether oxygens (including phenoxy) is 1. The summed E-state index contributed by atoms with van der Waals surface area (Å²) >= 11 is 0. The van der Waals surface area contributed by atoms with Gasteiger partial charge in [-0.2, -0.15) is 0 Å². The van der Waals surface area contributed by atoms with Gasteiger partial charge in [-0.25, -0.2) is 0 Å². The SMILES string of the molecule is C#CCCC(=O)C1CC2COCC(C1)N2. The number of hydrogen-bond donors (Lipinski definition) is 1. The fourth-order valence-electron chi connectivity index (χ4n) is 2.50. The van der Waals surface area contributed by atoms with E-state index in [2.05, 4.69) is 11.2 Å². The van der Waals surface area contributed by atoms with E-state index in [-0.39, 0.29) is 5.92 Å². The second-order valence-corrected chi connectivity index (χ2v) is 4.44. The Hall–Kier alpha value is -0.850. The van der Waals surface area contributed by atoms with Gasteiger partial charge >= 0.3 is 0 Å². The Morgan fingerprint density at radius 2 is 2.07 bits per heavy atom. The molecule has 2 atom stereocenters. The van der Waals surface area contributed by atoms with E-state index in [1.54, 1.807) is 0 Å². The maximum atomic E-state index is 11.8. The summed E-state index contributed by atoms with van der Waals surface area (Å²) in [5.74, 6) is 3.07. The van der Waals surface area contributed by atoms with Crippen LogP contribution < -0.4 is 5.32 Å². The van der Waals surface area contributed by atoms with Crippen molar-refractivity contribution in [2.45, 2.75) is 37.8 Å². The maximum absolute atomic E-state index is 11.8. The zero-order valence-corrected chi connectivity index (χ0v) is 8.87. The normalized spacial score (nSPS) is 34.5. The van der Waals surface area contributed by atoms with Crippen LogP contribution in [-0.4, -0.2) is 31.1 Å². The molecule has 0 saturated carbocycles. The van der Waals surface area contributed by atoms with Crippen LogP contribution in [-0.2, 0) is 9.53 Å². The smallest absolute Gasteiger partial charge is 0.137 e. The Morgan fingerprint density at radius 1 is 1.40 bits per heavy atom. The molecule has 15 heavy (non-hydrogen) atoms. The highest BCUT2D eigenvalue weighted by molar-refractivity contribution is 5.81. The van der Waals surface area contributed by atoms with Crippen LogP contribution in [0.3, 0.4) is 0 Å². The summed E-state index contributed by atoms with van der Waals surface area (Å²) in [5.41, 5.74) is 0. The highest BCUT2D eigenvalue weighted by Crippen LogP contribution is 2.25. The number of terminal acetylenes is 1. The first kappa shape index (κ1) is 10.7. The Morgan fingerprint density at radius 3 is 2.67 bits per heavy atom. The van der Waals surface area contributed by atoms with Crippen LogP contribution in [0.4, 0.5) is 0 Å². The number of fused-ring (bicyclic) bond motifs is 2. The molecule has 82 valence electrons. The van der Waals surface area contributed by atoms with Gasteiger partial charge in [-0.3, -0.25) is 4.79 Å². The van der Waals surface area contributed by atoms with E-state index in [0.29, 0.717) is 30.7 Å². The topological polar surface area (TPSA) is 38.3 Å². The van der Waals surface area contributed by atoms with Crippen molar-refractivity contribution in [1.82, 2.24) is 5.32 Å². The molecule has 2 saturated heterocycles. The number of Topliss-reactive ketones (excluding diaryl/α,β-unsaturated/α-hetero) is 1. The molecule has 0 aromatic carbocycles. The second kappa shape index (κ2) is 4.78. The molecule has 0 aromatic heterocycles. The van der Waals surface area contributed by atoms with E-state index in [1.165, 1.54) is 0 Å². The predicted molar refractivity (Wildman–Crippen MR) is 57.3 cm³/mol. The molecular weight excluding hydrogens is 190 g/mol. The molecule has 2 rings (SSSR count). The van der Waals surface area contributed by atoms with E-state index in [0.717, 1.165) is 26.1 Å². The molecule has 2 aliphatic rings. The van der Waals surface area contributed by atoms with E-state index >= 15 is 0 Å². The van der Waals surface area contributed by atoms with Crippen LogP contribution in [0, 0.1) is 18.3 Å². The average molecular weight is 207 g/mol. The standard InChI is InChI=1S/C12H17NO2/c1-2-3-4-12(14)9-5-10-7-15-8-11(6-9)13-10/h1,9-11,13H,3-8H2. The fraction of sp³-hybridized carbons (Fsp3) is 0.750. The quantitative estimate of drug-likeness (QED) is 0.694. The Labute approximate surface area is 90.6 Å². The molecule has 2 heterocycles. The van der Waals surface area contributed by atoms with Gasteiger partial charge in [0.1, 0.15) is 5.78 Å². The van der Waals surface area contributed by atoms with Gasteiger partial charge in [-0.05, 0) is 12.8 Å². The molecule has 0 radical (unpaired) electrons. The molecule has 2 bridgehead atoms. The molecule has 1 N–H and O–H groups in total. The van der Waals surface area contributed by atoms with Crippen LogP contribution >= 0.6 is 0 Å². The van der Waals surface area contributed by atoms with Crippen molar-refractivity contribution in [2.75, 3.05) is 13.2 Å². The lowest BCUT2D eigenvalue weighted by Crippen LogP contribution is -2.55. The highest BCUT2D eigenvalue weighted by atomic mass is 16.5. The molecule has 2 aliphatic heterocycles. The monoisotopic (exact) mass is 207 g/mol. The lowest BCUT2D eigenvalue weighted by Gasteiger charge is -2.39. The summed E-state index contributed by atoms with van der Waals surface area (Å²) < 4.78 is 5.44. The molecular formula is C12H17NO2. The zero-order valence-electron chi connectivity index (χ0n) is 8.87. The molecule has 3 nitrogen and oxygen atoms in total. The first-order valence-corrected chi connectivity index (χ1v) is 5.59. The van der Waals surface area contributed by atoms with Crippen molar-refractivity contribution in [3.05, 3.63) is 0 Å². The van der Waals surface area contributed by atoms with Gasteiger partial charge in [-0.1, -0.05) is 0 Å². The van der Waals surface area contributed by atoms with Crippen molar-refractivity contribution < 1.29 is 9.53 Å². The first-order chi connectivity index (χ1) is 7.29. The Bertz CT molecular complexity index is 270. The number of hydrogen-bond acceptors (Lipinski definition) is 3. The number of piperidine rings is 1. The third-order valence-electron chi connectivity index (χ3n) is 3.22. The van der Waals surface area contributed by atoms with Crippen LogP contribution in [0.25, 0.3) is 0 Å². The van der Waals surface area contributed by atoms with Gasteiger partial charge in [0.25, 0.3) is 0 Å². The van der Waals surface area contributed by atoms with Crippen molar-refractivity contribution in [3.63, 3.8) is 0 Å². The summed E-state index contributed by atoms with van der Waals surface area (Å²) in [6, 6.07) is 0.745. The summed E-state index contributed by atoms with van der Waals surface area (Å²) in [6.45, 7) is 1.49.